The molecule has 0 bridgehead atoms. The number of halogens is 3. The van der Waals surface area contributed by atoms with Crippen LogP contribution in [0.2, 0.25) is 0 Å². The Hall–Kier alpha value is -1.11. The maximum atomic E-state index is 12.4. The molecule has 3 rings (SSSR count). The predicted octanol–water partition coefficient (Wildman–Crippen LogP) is 3.11. The fraction of sp³-hybridized carbons (Fsp3) is 0.846. The van der Waals surface area contributed by atoms with E-state index in [1.165, 1.54) is 0 Å². The van der Waals surface area contributed by atoms with Crippen LogP contribution in [0.1, 0.15) is 62.1 Å². The van der Waals surface area contributed by atoms with Gasteiger partial charge in [-0.1, -0.05) is 0 Å². The zero-order valence-corrected chi connectivity index (χ0v) is 11.1. The monoisotopic (exact) mass is 289 g/mol. The molecule has 0 saturated heterocycles. The third-order valence-corrected chi connectivity index (χ3v) is 4.53. The van der Waals surface area contributed by atoms with Crippen LogP contribution in [0, 0.1) is 5.92 Å². The minimum Gasteiger partial charge on any atom is -0.425 e. The highest BCUT2D eigenvalue weighted by Crippen LogP contribution is 2.49. The molecule has 0 amide bonds. The van der Waals surface area contributed by atoms with Crippen LogP contribution in [0.5, 0.6) is 0 Å². The van der Waals surface area contributed by atoms with Gasteiger partial charge in [0.15, 0.2) is 0 Å². The van der Waals surface area contributed by atoms with E-state index in [1.54, 1.807) is 0 Å². The van der Waals surface area contributed by atoms with Gasteiger partial charge in [0.2, 0.25) is 11.8 Å². The van der Waals surface area contributed by atoms with Crippen LogP contribution < -0.4 is 5.73 Å². The summed E-state index contributed by atoms with van der Waals surface area (Å²) in [6.45, 7) is 0. The van der Waals surface area contributed by atoms with Crippen molar-refractivity contribution in [2.24, 2.45) is 11.7 Å². The van der Waals surface area contributed by atoms with Gasteiger partial charge in [0.25, 0.3) is 0 Å². The topological polar surface area (TPSA) is 64.9 Å². The van der Waals surface area contributed by atoms with Gasteiger partial charge in [-0.15, -0.1) is 10.2 Å². The van der Waals surface area contributed by atoms with E-state index >= 15 is 0 Å². The zero-order chi connectivity index (χ0) is 14.3. The first-order valence-corrected chi connectivity index (χ1v) is 7.09. The molecule has 0 unspecified atom stereocenters. The third-order valence-electron chi connectivity index (χ3n) is 4.53. The van der Waals surface area contributed by atoms with Crippen molar-refractivity contribution in [2.45, 2.75) is 62.6 Å². The highest BCUT2D eigenvalue weighted by atomic mass is 19.4. The number of hydrogen-bond acceptors (Lipinski definition) is 4. The van der Waals surface area contributed by atoms with Crippen molar-refractivity contribution in [1.82, 2.24) is 10.2 Å². The molecule has 0 radical (unpaired) electrons. The van der Waals surface area contributed by atoms with E-state index in [2.05, 4.69) is 10.2 Å². The summed E-state index contributed by atoms with van der Waals surface area (Å²) in [5, 5.41) is 7.95. The van der Waals surface area contributed by atoms with Crippen LogP contribution in [0.3, 0.4) is 0 Å². The van der Waals surface area contributed by atoms with Crippen molar-refractivity contribution in [3.63, 3.8) is 0 Å². The van der Waals surface area contributed by atoms with Gasteiger partial charge in [-0.2, -0.15) is 13.2 Å². The molecule has 112 valence electrons. The molecule has 0 aromatic carbocycles. The Labute approximate surface area is 114 Å². The number of hydrogen-bond donors (Lipinski definition) is 1. The summed E-state index contributed by atoms with van der Waals surface area (Å²) in [5.41, 5.74) is 5.84. The molecule has 2 N–H and O–H groups in total. The summed E-state index contributed by atoms with van der Waals surface area (Å²) in [5.74, 6) is -0.281. The molecule has 20 heavy (non-hydrogen) atoms. The van der Waals surface area contributed by atoms with Gasteiger partial charge in [-0.25, -0.2) is 0 Å². The Kier molecular flexibility index (Phi) is 3.48. The van der Waals surface area contributed by atoms with E-state index < -0.39 is 12.1 Å². The van der Waals surface area contributed by atoms with Gasteiger partial charge in [-0.05, 0) is 38.5 Å². The minimum absolute atomic E-state index is 0.0701. The molecular weight excluding hydrogens is 271 g/mol. The molecule has 1 aromatic heterocycles. The normalized spacial score (nSPS) is 34.8. The van der Waals surface area contributed by atoms with Crippen LogP contribution in [0.4, 0.5) is 13.2 Å². The Morgan fingerprint density at radius 1 is 0.950 bits per heavy atom. The maximum Gasteiger partial charge on any atom is 0.391 e. The first kappa shape index (κ1) is 13.9. The Morgan fingerprint density at radius 2 is 1.50 bits per heavy atom. The summed E-state index contributed by atoms with van der Waals surface area (Å²) >= 11 is 0. The number of nitrogens with zero attached hydrogens (tertiary/aromatic N) is 2. The highest BCUT2D eigenvalue weighted by Gasteiger charge is 2.49. The first-order chi connectivity index (χ1) is 9.43. The van der Waals surface area contributed by atoms with Crippen LogP contribution in [0.25, 0.3) is 0 Å². The van der Waals surface area contributed by atoms with Crippen molar-refractivity contribution < 1.29 is 17.6 Å². The second-order valence-electron chi connectivity index (χ2n) is 6.00. The molecule has 7 heteroatoms. The summed E-state index contributed by atoms with van der Waals surface area (Å²) in [6.07, 6.45) is -0.262. The smallest absolute Gasteiger partial charge is 0.391 e. The summed E-state index contributed by atoms with van der Waals surface area (Å²) in [7, 11) is 0. The van der Waals surface area contributed by atoms with Crippen LogP contribution in [-0.4, -0.2) is 22.4 Å². The number of alkyl halides is 3. The highest BCUT2D eigenvalue weighted by molar-refractivity contribution is 5.03. The largest absolute Gasteiger partial charge is 0.425 e. The minimum atomic E-state index is -4.10. The van der Waals surface area contributed by atoms with Crippen molar-refractivity contribution in [2.75, 3.05) is 0 Å². The van der Waals surface area contributed by atoms with Crippen LogP contribution >= 0.6 is 0 Å². The van der Waals surface area contributed by atoms with Crippen LogP contribution in [-0.2, 0) is 0 Å². The molecule has 2 aliphatic rings. The lowest BCUT2D eigenvalue weighted by atomic mass is 9.74. The Bertz CT molecular complexity index is 460. The maximum absolute atomic E-state index is 12.4. The average Bonchev–Trinajstić information content (AvgIpc) is 2.75. The first-order valence-electron chi connectivity index (χ1n) is 7.09. The average molecular weight is 289 g/mol. The summed E-state index contributed by atoms with van der Waals surface area (Å²) < 4.78 is 42.9. The predicted molar refractivity (Wildman–Crippen MR) is 65.0 cm³/mol. The third kappa shape index (κ3) is 2.68. The molecule has 2 aliphatic carbocycles. The van der Waals surface area contributed by atoms with Crippen LogP contribution in [0.15, 0.2) is 4.42 Å². The van der Waals surface area contributed by atoms with E-state index in [4.69, 9.17) is 10.2 Å². The Morgan fingerprint density at radius 3 is 2.05 bits per heavy atom. The number of aromatic nitrogens is 2. The second-order valence-corrected chi connectivity index (χ2v) is 6.00. The van der Waals surface area contributed by atoms with Crippen molar-refractivity contribution >= 4 is 0 Å². The number of rotatable bonds is 2. The fourth-order valence-electron chi connectivity index (χ4n) is 3.03. The quantitative estimate of drug-likeness (QED) is 0.908. The van der Waals surface area contributed by atoms with Gasteiger partial charge in [0.05, 0.1) is 5.92 Å². The van der Waals surface area contributed by atoms with E-state index in [9.17, 15) is 13.2 Å². The molecule has 0 atom stereocenters. The second kappa shape index (κ2) is 5.02. The summed E-state index contributed by atoms with van der Waals surface area (Å²) in [4.78, 5) is 0. The molecule has 1 heterocycles. The van der Waals surface area contributed by atoms with Crippen molar-refractivity contribution in [3.05, 3.63) is 11.8 Å². The van der Waals surface area contributed by atoms with E-state index in [0.29, 0.717) is 11.8 Å². The van der Waals surface area contributed by atoms with Gasteiger partial charge >= 0.3 is 6.18 Å². The van der Waals surface area contributed by atoms with Gasteiger partial charge in [-0.3, -0.25) is 0 Å². The van der Waals surface area contributed by atoms with E-state index in [1.807, 2.05) is 0 Å². The molecule has 1 aromatic rings. The van der Waals surface area contributed by atoms with Crippen molar-refractivity contribution in [3.8, 4) is 0 Å². The summed E-state index contributed by atoms with van der Waals surface area (Å²) in [6, 6.07) is 0.243. The van der Waals surface area contributed by atoms with E-state index in [0.717, 1.165) is 25.7 Å². The number of nitrogens with two attached hydrogens (primary N) is 1. The fourth-order valence-corrected chi connectivity index (χ4v) is 3.03. The zero-order valence-electron chi connectivity index (χ0n) is 11.1. The molecular formula is C13H18F3N3O. The van der Waals surface area contributed by atoms with E-state index in [-0.39, 0.29) is 30.7 Å². The van der Waals surface area contributed by atoms with Gasteiger partial charge in [0, 0.05) is 17.9 Å². The molecule has 0 aliphatic heterocycles. The molecule has 2 saturated carbocycles. The molecule has 4 nitrogen and oxygen atoms in total. The van der Waals surface area contributed by atoms with Gasteiger partial charge < -0.3 is 10.2 Å². The lowest BCUT2D eigenvalue weighted by Crippen LogP contribution is -2.34. The van der Waals surface area contributed by atoms with Gasteiger partial charge in [0.1, 0.15) is 0 Å². The SMILES string of the molecule is NC1CCC(c2nnc(C3CC(C(F)(F)F)C3)o2)CC1. The standard InChI is InChI=1S/C13H18F3N3O/c14-13(15,16)9-5-8(6-9)12-19-18-11(20-12)7-1-3-10(17)4-2-7/h7-10H,1-6,17H2. The molecule has 0 spiro atoms. The lowest BCUT2D eigenvalue weighted by molar-refractivity contribution is -0.198. The lowest BCUT2D eigenvalue weighted by Gasteiger charge is -2.34. The van der Waals surface area contributed by atoms with Crippen molar-refractivity contribution in [1.29, 1.82) is 0 Å². The molecule has 2 fully saturated rings. The Balaban J connectivity index is 1.58.